The predicted octanol–water partition coefficient (Wildman–Crippen LogP) is 6.94. The molecule has 1 N–H and O–H groups in total. The van der Waals surface area contributed by atoms with E-state index in [2.05, 4.69) is 0 Å². The fraction of sp³-hybridized carbons (Fsp3) is 0.319. The normalized spacial score (nSPS) is 20.6. The van der Waals surface area contributed by atoms with Crippen molar-refractivity contribution in [3.63, 3.8) is 0 Å². The van der Waals surface area contributed by atoms with Crippen molar-refractivity contribution in [2.75, 3.05) is 21.3 Å². The van der Waals surface area contributed by atoms with Crippen molar-refractivity contribution < 1.29 is 57.3 Å². The zero-order valence-corrected chi connectivity index (χ0v) is 33.5. The van der Waals surface area contributed by atoms with E-state index >= 15 is 0 Å². The van der Waals surface area contributed by atoms with Crippen LogP contribution in [0.15, 0.2) is 133 Å². The van der Waals surface area contributed by atoms with Gasteiger partial charge in [-0.3, -0.25) is 4.79 Å². The highest BCUT2D eigenvalue weighted by Crippen LogP contribution is 2.36. The smallest absolute Gasteiger partial charge is 0.352 e. The summed E-state index contributed by atoms with van der Waals surface area (Å²) in [7, 11) is 4.76. The number of hydrogen-bond acceptors (Lipinski definition) is 12. The lowest BCUT2D eigenvalue weighted by Crippen LogP contribution is -2.67. The molecule has 1 aliphatic rings. The maximum atomic E-state index is 14.2. The minimum atomic E-state index is -1.52. The van der Waals surface area contributed by atoms with Gasteiger partial charge in [0.2, 0.25) is 6.10 Å². The van der Waals surface area contributed by atoms with Crippen molar-refractivity contribution in [3.05, 3.63) is 161 Å². The van der Waals surface area contributed by atoms with Gasteiger partial charge in [0.05, 0.1) is 47.8 Å². The van der Waals surface area contributed by atoms with Crippen molar-refractivity contribution in [1.29, 1.82) is 0 Å². The Morgan fingerprint density at radius 2 is 0.847 bits per heavy atom. The molecule has 59 heavy (non-hydrogen) atoms. The van der Waals surface area contributed by atoms with Gasteiger partial charge in [0.25, 0.3) is 0 Å². The van der Waals surface area contributed by atoms with Crippen LogP contribution in [-0.4, -0.2) is 75.0 Å². The second-order valence-electron chi connectivity index (χ2n) is 13.9. The summed E-state index contributed by atoms with van der Waals surface area (Å²) in [5, 5.41) is 12.5. The van der Waals surface area contributed by atoms with Crippen LogP contribution in [0.3, 0.4) is 0 Å². The van der Waals surface area contributed by atoms with Gasteiger partial charge in [-0.2, -0.15) is 0 Å². The van der Waals surface area contributed by atoms with E-state index in [-0.39, 0.29) is 26.4 Å². The molecule has 0 spiro atoms. The molecule has 0 bridgehead atoms. The Morgan fingerprint density at radius 1 is 0.492 bits per heavy atom. The molecular weight excluding hydrogens is 757 g/mol. The van der Waals surface area contributed by atoms with Gasteiger partial charge in [0, 0.05) is 12.5 Å². The topological polar surface area (TPSA) is 137 Å². The molecule has 6 rings (SSSR count). The van der Waals surface area contributed by atoms with Gasteiger partial charge in [-0.25, -0.2) is 4.79 Å². The lowest BCUT2D eigenvalue weighted by atomic mass is 9.83. The highest BCUT2D eigenvalue weighted by atomic mass is 16.6. The van der Waals surface area contributed by atoms with E-state index in [1.807, 2.05) is 103 Å². The number of hydrogen-bond donors (Lipinski definition) is 1. The number of carbonyl (C=O) groups excluding carboxylic acids is 2. The van der Waals surface area contributed by atoms with Gasteiger partial charge in [0.15, 0.2) is 6.10 Å². The first-order valence-corrected chi connectivity index (χ1v) is 19.3. The zero-order chi connectivity index (χ0) is 41.6. The van der Waals surface area contributed by atoms with Crippen LogP contribution in [-0.2, 0) is 64.4 Å². The molecule has 1 aliphatic carbocycles. The third kappa shape index (κ3) is 11.7. The minimum Gasteiger partial charge on any atom is -0.497 e. The van der Waals surface area contributed by atoms with Crippen molar-refractivity contribution in [1.82, 2.24) is 0 Å². The van der Waals surface area contributed by atoms with Crippen LogP contribution < -0.4 is 14.2 Å². The SMILES string of the molecule is COc1ccc(CO[C@@H]2[C@@H](OCc3ccccc3)[C@H](OCc3ccc(OC)cc3)[C@@H](OCc3ccc(OC)cc3)[C@@H](O)[C@H]2OC(=O)[C@H](OC(C)=O)c2ccccc2)cc1. The summed E-state index contributed by atoms with van der Waals surface area (Å²) >= 11 is 0. The van der Waals surface area contributed by atoms with E-state index in [1.165, 1.54) is 6.92 Å². The lowest BCUT2D eigenvalue weighted by molar-refractivity contribution is -0.279. The molecule has 0 unspecified atom stereocenters. The second kappa shape index (κ2) is 21.3. The van der Waals surface area contributed by atoms with Gasteiger partial charge in [-0.05, 0) is 58.7 Å². The van der Waals surface area contributed by atoms with Gasteiger partial charge >= 0.3 is 11.9 Å². The van der Waals surface area contributed by atoms with Gasteiger partial charge < -0.3 is 47.7 Å². The standard InChI is InChI=1S/C47H50O12/c1-31(48)58-41(36-13-9-6-10-14-36)47(50)59-43-40(49)42(54-28-33-15-21-37(51-2)22-16-33)44(55-29-34-17-23-38(52-3)24-18-34)46(57-27-32-11-7-5-8-12-32)45(43)56-30-35-19-25-39(53-4)26-20-35/h5-26,40-46,49H,27-30H2,1-4H3/t40-,41-,42+,43-,44-,45+,46+/m1/s1. The Bertz CT molecular complexity index is 2020. The first-order chi connectivity index (χ1) is 28.8. The number of carbonyl (C=O) groups is 2. The molecule has 1 fully saturated rings. The maximum Gasteiger partial charge on any atom is 0.352 e. The van der Waals surface area contributed by atoms with Crippen LogP contribution in [0.5, 0.6) is 17.2 Å². The highest BCUT2D eigenvalue weighted by Gasteiger charge is 2.55. The Hall–Kier alpha value is -5.76. The molecule has 310 valence electrons. The molecule has 12 nitrogen and oxygen atoms in total. The van der Waals surface area contributed by atoms with Gasteiger partial charge in [-0.15, -0.1) is 0 Å². The molecule has 0 amide bonds. The number of benzene rings is 5. The quantitative estimate of drug-likeness (QED) is 0.0866. The van der Waals surface area contributed by atoms with E-state index in [9.17, 15) is 14.7 Å². The molecule has 0 saturated heterocycles. The van der Waals surface area contributed by atoms with Crippen molar-refractivity contribution in [2.45, 2.75) is 76.1 Å². The molecule has 12 heteroatoms. The number of rotatable bonds is 19. The summed E-state index contributed by atoms with van der Waals surface area (Å²) in [5.41, 5.74) is 3.65. The third-order valence-corrected chi connectivity index (χ3v) is 9.91. The first kappa shape index (κ1) is 42.8. The van der Waals surface area contributed by atoms with Gasteiger partial charge in [-0.1, -0.05) is 97.1 Å². The van der Waals surface area contributed by atoms with E-state index in [0.29, 0.717) is 22.8 Å². The van der Waals surface area contributed by atoms with Crippen LogP contribution in [0.25, 0.3) is 0 Å². The zero-order valence-electron chi connectivity index (χ0n) is 33.5. The predicted molar refractivity (Wildman–Crippen MR) is 217 cm³/mol. The van der Waals surface area contributed by atoms with E-state index in [4.69, 9.17) is 42.6 Å². The lowest BCUT2D eigenvalue weighted by Gasteiger charge is -2.48. The number of ether oxygens (including phenoxy) is 9. The molecule has 0 aromatic heterocycles. The number of esters is 2. The Labute approximate surface area is 344 Å². The van der Waals surface area contributed by atoms with Crippen LogP contribution >= 0.6 is 0 Å². The summed E-state index contributed by atoms with van der Waals surface area (Å²) < 4.78 is 54.5. The average Bonchev–Trinajstić information content (AvgIpc) is 3.28. The monoisotopic (exact) mass is 806 g/mol. The van der Waals surface area contributed by atoms with Crippen molar-refractivity contribution >= 4 is 11.9 Å². The molecular formula is C47H50O12. The molecule has 5 aromatic carbocycles. The molecule has 1 saturated carbocycles. The fourth-order valence-corrected chi connectivity index (χ4v) is 6.79. The first-order valence-electron chi connectivity index (χ1n) is 19.3. The van der Waals surface area contributed by atoms with Crippen LogP contribution in [0.4, 0.5) is 0 Å². The summed E-state index contributed by atoms with van der Waals surface area (Å²) in [6.45, 7) is 1.53. The second-order valence-corrected chi connectivity index (χ2v) is 13.9. The summed E-state index contributed by atoms with van der Waals surface area (Å²) in [6, 6.07) is 40.2. The minimum absolute atomic E-state index is 0.0370. The van der Waals surface area contributed by atoms with Crippen LogP contribution in [0.1, 0.15) is 40.8 Å². The number of methoxy groups -OCH3 is 3. The van der Waals surface area contributed by atoms with Crippen LogP contribution in [0.2, 0.25) is 0 Å². The molecule has 5 aromatic rings. The average molecular weight is 807 g/mol. The van der Waals surface area contributed by atoms with Crippen molar-refractivity contribution in [3.8, 4) is 17.2 Å². The maximum absolute atomic E-state index is 14.2. The Balaban J connectivity index is 1.41. The van der Waals surface area contributed by atoms with E-state index < -0.39 is 54.7 Å². The van der Waals surface area contributed by atoms with E-state index in [1.54, 1.807) is 51.7 Å². The Morgan fingerprint density at radius 3 is 1.25 bits per heavy atom. The molecule has 0 radical (unpaired) electrons. The van der Waals surface area contributed by atoms with E-state index in [0.717, 1.165) is 22.3 Å². The summed E-state index contributed by atoms with van der Waals surface area (Å²) in [6.07, 6.45) is -8.57. The summed E-state index contributed by atoms with van der Waals surface area (Å²) in [5.74, 6) is 0.418. The Kier molecular flexibility index (Phi) is 15.5. The third-order valence-electron chi connectivity index (χ3n) is 9.91. The van der Waals surface area contributed by atoms with Gasteiger partial charge in [0.1, 0.15) is 47.8 Å². The number of aliphatic hydroxyl groups is 1. The number of aliphatic hydroxyl groups excluding tert-OH is 1. The molecule has 7 atom stereocenters. The van der Waals surface area contributed by atoms with Crippen LogP contribution in [0, 0.1) is 0 Å². The highest BCUT2D eigenvalue weighted by molar-refractivity contribution is 5.80. The largest absolute Gasteiger partial charge is 0.497 e. The molecule has 0 aliphatic heterocycles. The molecule has 0 heterocycles. The fourth-order valence-electron chi connectivity index (χ4n) is 6.79. The summed E-state index contributed by atoms with van der Waals surface area (Å²) in [4.78, 5) is 26.6. The van der Waals surface area contributed by atoms with Crippen molar-refractivity contribution in [2.24, 2.45) is 0 Å².